The second-order valence-corrected chi connectivity index (χ2v) is 9.22. The molecule has 2 bridgehead atoms. The molecule has 1 N–H and O–H groups in total. The molecular formula is C23H28N2O4. The molecule has 0 unspecified atom stereocenters. The van der Waals surface area contributed by atoms with Crippen molar-refractivity contribution in [1.82, 2.24) is 4.90 Å². The lowest BCUT2D eigenvalue weighted by Gasteiger charge is -2.57. The van der Waals surface area contributed by atoms with Crippen molar-refractivity contribution in [1.29, 1.82) is 0 Å². The van der Waals surface area contributed by atoms with Gasteiger partial charge in [0.2, 0.25) is 5.91 Å². The van der Waals surface area contributed by atoms with E-state index >= 15 is 0 Å². The molecule has 29 heavy (non-hydrogen) atoms. The fraction of sp³-hybridized carbons (Fsp3) is 0.609. The van der Waals surface area contributed by atoms with Crippen molar-refractivity contribution < 1.29 is 19.4 Å². The average Bonchev–Trinajstić information content (AvgIpc) is 3.27. The number of piperidine rings is 2. The second-order valence-electron chi connectivity index (χ2n) is 9.22. The van der Waals surface area contributed by atoms with E-state index in [4.69, 9.17) is 9.47 Å². The first kappa shape index (κ1) is 17.8. The summed E-state index contributed by atoms with van der Waals surface area (Å²) in [4.78, 5) is 17.9. The largest absolute Gasteiger partial charge is 0.493 e. The Bertz CT molecular complexity index is 928. The van der Waals surface area contributed by atoms with Crippen molar-refractivity contribution >= 4 is 11.6 Å². The maximum atomic E-state index is 13.2. The highest BCUT2D eigenvalue weighted by molar-refractivity contribution is 5.99. The van der Waals surface area contributed by atoms with E-state index in [0.29, 0.717) is 30.0 Å². The quantitative estimate of drug-likeness (QED) is 0.793. The molecule has 154 valence electrons. The summed E-state index contributed by atoms with van der Waals surface area (Å²) in [7, 11) is 3.34. The number of methoxy groups -OCH3 is 2. The van der Waals surface area contributed by atoms with Gasteiger partial charge in [0, 0.05) is 30.5 Å². The van der Waals surface area contributed by atoms with Crippen LogP contribution >= 0.6 is 0 Å². The number of nitrogens with zero attached hydrogens (tertiary/aromatic N) is 2. The van der Waals surface area contributed by atoms with Gasteiger partial charge in [0.05, 0.1) is 32.6 Å². The normalized spacial score (nSPS) is 38.2. The third kappa shape index (κ3) is 2.01. The molecule has 1 spiro atoms. The number of hydrogen-bond acceptors (Lipinski definition) is 5. The highest BCUT2D eigenvalue weighted by Crippen LogP contribution is 2.66. The molecule has 3 saturated heterocycles. The van der Waals surface area contributed by atoms with Gasteiger partial charge in [-0.25, -0.2) is 0 Å². The topological polar surface area (TPSA) is 62.2 Å². The van der Waals surface area contributed by atoms with Crippen molar-refractivity contribution in [2.45, 2.75) is 43.2 Å². The number of fused-ring (bicyclic) bond motifs is 4. The minimum Gasteiger partial charge on any atom is -0.493 e. The predicted molar refractivity (Wildman–Crippen MR) is 108 cm³/mol. The molecule has 1 saturated carbocycles. The lowest BCUT2D eigenvalue weighted by molar-refractivity contribution is -0.123. The lowest BCUT2D eigenvalue weighted by Crippen LogP contribution is -2.66. The molecule has 4 heterocycles. The maximum Gasteiger partial charge on any atom is 0.227 e. The highest BCUT2D eigenvalue weighted by Gasteiger charge is 2.69. The summed E-state index contributed by atoms with van der Waals surface area (Å²) in [5, 5.41) is 9.61. The number of aliphatic hydroxyl groups excluding tert-OH is 1. The number of anilines is 1. The zero-order valence-corrected chi connectivity index (χ0v) is 17.1. The first-order valence-electron chi connectivity index (χ1n) is 10.8. The standard InChI is InChI=1S/C23H28N2O4/c1-28-18-10-16-17(11-19(18)29-2)25-21(27)4-3-14-15-9-20-23(16,22(14)25)6-7-24(20)12-13(15)5-8-26/h5,10-11,14-15,20,22,26H,3-4,6-9,12H2,1-2H3/t14-,15+,20+,22-,23+/m1/s1. The first-order chi connectivity index (χ1) is 14.1. The minimum atomic E-state index is -0.0170. The number of carbonyl (C=O) groups excluding carboxylic acids is 1. The van der Waals surface area contributed by atoms with Crippen molar-refractivity contribution in [3.63, 3.8) is 0 Å². The van der Waals surface area contributed by atoms with E-state index in [1.807, 2.05) is 12.1 Å². The second kappa shape index (κ2) is 5.99. The van der Waals surface area contributed by atoms with Gasteiger partial charge in [-0.05, 0) is 49.3 Å². The van der Waals surface area contributed by atoms with Gasteiger partial charge >= 0.3 is 0 Å². The third-order valence-corrected chi connectivity index (χ3v) is 8.49. The molecule has 5 aliphatic rings. The fourth-order valence-corrected chi connectivity index (χ4v) is 7.54. The van der Waals surface area contributed by atoms with Crippen molar-refractivity contribution in [3.8, 4) is 11.5 Å². The van der Waals surface area contributed by atoms with Crippen molar-refractivity contribution in [2.75, 3.05) is 38.8 Å². The minimum absolute atomic E-state index is 0.0170. The first-order valence-corrected chi connectivity index (χ1v) is 10.8. The smallest absolute Gasteiger partial charge is 0.227 e. The molecule has 1 aromatic rings. The summed E-state index contributed by atoms with van der Waals surface area (Å²) < 4.78 is 11.2. The van der Waals surface area contributed by atoms with Crippen molar-refractivity contribution in [2.24, 2.45) is 11.8 Å². The zero-order valence-electron chi connectivity index (χ0n) is 17.1. The van der Waals surface area contributed by atoms with Crippen LogP contribution in [0.1, 0.15) is 31.2 Å². The van der Waals surface area contributed by atoms with Crippen LogP contribution in [-0.2, 0) is 10.2 Å². The number of ether oxygens (including phenoxy) is 2. The Kier molecular flexibility index (Phi) is 3.67. The Morgan fingerprint density at radius 3 is 2.83 bits per heavy atom. The van der Waals surface area contributed by atoms with Crippen LogP contribution in [-0.4, -0.2) is 61.9 Å². The van der Waals surface area contributed by atoms with Gasteiger partial charge in [-0.3, -0.25) is 9.69 Å². The van der Waals surface area contributed by atoms with Crippen LogP contribution in [0.3, 0.4) is 0 Å². The Morgan fingerprint density at radius 2 is 2.07 bits per heavy atom. The number of hydrogen-bond donors (Lipinski definition) is 1. The van der Waals surface area contributed by atoms with Crippen LogP contribution in [0.2, 0.25) is 0 Å². The molecule has 6 rings (SSSR count). The number of benzene rings is 1. The van der Waals surface area contributed by atoms with E-state index in [0.717, 1.165) is 43.8 Å². The third-order valence-electron chi connectivity index (χ3n) is 8.49. The van der Waals surface area contributed by atoms with Gasteiger partial charge in [-0.15, -0.1) is 0 Å². The Hall–Kier alpha value is -2.05. The Morgan fingerprint density at radius 1 is 1.28 bits per heavy atom. The summed E-state index contributed by atoms with van der Waals surface area (Å²) in [6.45, 7) is 2.10. The summed E-state index contributed by atoms with van der Waals surface area (Å²) in [5.74, 6) is 2.60. The number of rotatable bonds is 3. The number of amides is 1. The molecule has 0 radical (unpaired) electrons. The van der Waals surface area contributed by atoms with E-state index in [-0.39, 0.29) is 24.0 Å². The van der Waals surface area contributed by atoms with E-state index in [2.05, 4.69) is 15.9 Å². The maximum absolute atomic E-state index is 13.2. The summed E-state index contributed by atoms with van der Waals surface area (Å²) in [5.41, 5.74) is 3.67. The highest BCUT2D eigenvalue weighted by atomic mass is 16.5. The summed E-state index contributed by atoms with van der Waals surface area (Å²) in [6.07, 6.45) is 5.78. The molecule has 5 atom stereocenters. The van der Waals surface area contributed by atoms with Gasteiger partial charge < -0.3 is 19.5 Å². The van der Waals surface area contributed by atoms with E-state index in [1.165, 1.54) is 11.1 Å². The van der Waals surface area contributed by atoms with Crippen LogP contribution in [0, 0.1) is 11.8 Å². The molecule has 1 aromatic carbocycles. The van der Waals surface area contributed by atoms with Crippen LogP contribution < -0.4 is 14.4 Å². The number of carbonyl (C=O) groups is 1. The van der Waals surface area contributed by atoms with E-state index < -0.39 is 0 Å². The molecule has 4 aliphatic heterocycles. The molecule has 4 fully saturated rings. The van der Waals surface area contributed by atoms with Crippen LogP contribution in [0.4, 0.5) is 5.69 Å². The van der Waals surface area contributed by atoms with Gasteiger partial charge in [0.25, 0.3) is 0 Å². The average molecular weight is 396 g/mol. The van der Waals surface area contributed by atoms with Gasteiger partial charge in [-0.1, -0.05) is 11.6 Å². The predicted octanol–water partition coefficient (Wildman–Crippen LogP) is 2.09. The molecular weight excluding hydrogens is 368 g/mol. The molecule has 0 aromatic heterocycles. The zero-order chi connectivity index (χ0) is 19.9. The molecule has 6 heteroatoms. The summed E-state index contributed by atoms with van der Waals surface area (Å²) >= 11 is 0. The molecule has 1 amide bonds. The van der Waals surface area contributed by atoms with Crippen LogP contribution in [0.5, 0.6) is 11.5 Å². The Balaban J connectivity index is 1.59. The monoisotopic (exact) mass is 396 g/mol. The molecule has 1 aliphatic carbocycles. The molecule has 6 nitrogen and oxygen atoms in total. The van der Waals surface area contributed by atoms with Gasteiger partial charge in [0.15, 0.2) is 11.5 Å². The number of aliphatic hydroxyl groups is 1. The van der Waals surface area contributed by atoms with Crippen LogP contribution in [0.15, 0.2) is 23.8 Å². The van der Waals surface area contributed by atoms with Crippen molar-refractivity contribution in [3.05, 3.63) is 29.3 Å². The van der Waals surface area contributed by atoms with Gasteiger partial charge in [-0.2, -0.15) is 0 Å². The summed E-state index contributed by atoms with van der Waals surface area (Å²) in [6, 6.07) is 4.82. The lowest BCUT2D eigenvalue weighted by atomic mass is 9.54. The Labute approximate surface area is 171 Å². The SMILES string of the molecule is COc1cc2c(cc1OC)[C@@]13CCN4CC(=CCO)[C@H](C[C@H]41)[C@H]1CCC(=O)N2[C@H]13. The van der Waals surface area contributed by atoms with E-state index in [1.54, 1.807) is 14.2 Å². The van der Waals surface area contributed by atoms with Gasteiger partial charge in [0.1, 0.15) is 0 Å². The fourth-order valence-electron chi connectivity index (χ4n) is 7.54. The van der Waals surface area contributed by atoms with Crippen LogP contribution in [0.25, 0.3) is 0 Å². The van der Waals surface area contributed by atoms with E-state index in [9.17, 15) is 9.90 Å².